The quantitative estimate of drug-likeness (QED) is 0.480. The smallest absolute Gasteiger partial charge is 0.266 e. The maximum atomic E-state index is 12.3. The number of hydrogen-bond donors (Lipinski definition) is 2. The van der Waals surface area contributed by atoms with Gasteiger partial charge in [0.25, 0.3) is 11.9 Å². The predicted molar refractivity (Wildman–Crippen MR) is 131 cm³/mol. The number of amides is 1. The standard InChI is InChI=1S/C25H39N5O4/c1-17-15-21(8-9-22(17)23(32)26-18(2)16-31)33-14-6-7-20-10-12-30(13-11-20)25-27-24(34-28-25)19(3)29(4)5/h8-9,15,18-20,31H,6-7,10-14,16H2,1-5H3,(H,26,32)/t18-,19?/m1/s1. The largest absolute Gasteiger partial charge is 0.494 e. The number of nitrogens with one attached hydrogen (secondary N) is 1. The number of anilines is 1. The average Bonchev–Trinajstić information content (AvgIpc) is 3.31. The van der Waals surface area contributed by atoms with E-state index < -0.39 is 0 Å². The predicted octanol–water partition coefficient (Wildman–Crippen LogP) is 3.19. The minimum Gasteiger partial charge on any atom is -0.494 e. The lowest BCUT2D eigenvalue weighted by atomic mass is 9.92. The Hall–Kier alpha value is -2.65. The van der Waals surface area contributed by atoms with Crippen molar-refractivity contribution in [1.82, 2.24) is 20.4 Å². The maximum absolute atomic E-state index is 12.3. The fourth-order valence-electron chi connectivity index (χ4n) is 4.06. The van der Waals surface area contributed by atoms with Gasteiger partial charge in [0.1, 0.15) is 5.75 Å². The minimum absolute atomic E-state index is 0.0842. The van der Waals surface area contributed by atoms with Gasteiger partial charge in [-0.1, -0.05) is 0 Å². The van der Waals surface area contributed by atoms with Crippen LogP contribution in [0.1, 0.15) is 67.4 Å². The number of carbonyl (C=O) groups excluding carboxylic acids is 1. The molecule has 0 spiro atoms. The second-order valence-electron chi connectivity index (χ2n) is 9.53. The van der Waals surface area contributed by atoms with Crippen LogP contribution in [0.15, 0.2) is 22.7 Å². The topological polar surface area (TPSA) is 104 Å². The first-order valence-corrected chi connectivity index (χ1v) is 12.2. The summed E-state index contributed by atoms with van der Waals surface area (Å²) in [5.41, 5.74) is 1.46. The zero-order chi connectivity index (χ0) is 24.7. The monoisotopic (exact) mass is 473 g/mol. The molecule has 2 aromatic rings. The van der Waals surface area contributed by atoms with Gasteiger partial charge in [-0.3, -0.25) is 9.69 Å². The Labute approximate surface area is 202 Å². The van der Waals surface area contributed by atoms with Crippen molar-refractivity contribution in [2.45, 2.75) is 58.5 Å². The molecule has 1 aromatic carbocycles. The van der Waals surface area contributed by atoms with E-state index in [4.69, 9.17) is 14.4 Å². The third-order valence-electron chi connectivity index (χ3n) is 6.58. The molecular formula is C25H39N5O4. The number of ether oxygens (including phenoxy) is 1. The van der Waals surface area contributed by atoms with Gasteiger partial charge in [0.05, 0.1) is 19.3 Å². The molecule has 1 aliphatic heterocycles. The highest BCUT2D eigenvalue weighted by molar-refractivity contribution is 5.95. The van der Waals surface area contributed by atoms with Crippen molar-refractivity contribution >= 4 is 11.9 Å². The first-order chi connectivity index (χ1) is 16.3. The Bertz CT molecular complexity index is 924. The Morgan fingerprint density at radius 2 is 2.06 bits per heavy atom. The first-order valence-electron chi connectivity index (χ1n) is 12.2. The summed E-state index contributed by atoms with van der Waals surface area (Å²) in [6.07, 6.45) is 4.35. The third kappa shape index (κ3) is 6.93. The second kappa shape index (κ2) is 12.2. The molecule has 0 radical (unpaired) electrons. The van der Waals surface area contributed by atoms with Crippen LogP contribution < -0.4 is 15.0 Å². The van der Waals surface area contributed by atoms with Crippen LogP contribution in [0, 0.1) is 12.8 Å². The van der Waals surface area contributed by atoms with Gasteiger partial charge in [-0.15, -0.1) is 0 Å². The van der Waals surface area contributed by atoms with Crippen LogP contribution in [0.2, 0.25) is 0 Å². The number of rotatable bonds is 11. The van der Waals surface area contributed by atoms with E-state index in [1.54, 1.807) is 13.0 Å². The molecule has 9 nitrogen and oxygen atoms in total. The number of aromatic nitrogens is 2. The molecule has 2 heterocycles. The molecule has 0 aliphatic carbocycles. The molecular weight excluding hydrogens is 434 g/mol. The zero-order valence-electron chi connectivity index (χ0n) is 21.1. The van der Waals surface area contributed by atoms with Gasteiger partial charge in [0.15, 0.2) is 0 Å². The van der Waals surface area contributed by atoms with Crippen molar-refractivity contribution in [3.05, 3.63) is 35.2 Å². The molecule has 1 aromatic heterocycles. The van der Waals surface area contributed by atoms with Crippen molar-refractivity contribution in [2.75, 3.05) is 45.3 Å². The van der Waals surface area contributed by atoms with Gasteiger partial charge in [-0.2, -0.15) is 4.98 Å². The molecule has 1 amide bonds. The molecule has 3 rings (SSSR count). The lowest BCUT2D eigenvalue weighted by Gasteiger charge is -2.30. The lowest BCUT2D eigenvalue weighted by Crippen LogP contribution is -2.35. The molecule has 1 unspecified atom stereocenters. The van der Waals surface area contributed by atoms with Crippen molar-refractivity contribution in [3.8, 4) is 5.75 Å². The summed E-state index contributed by atoms with van der Waals surface area (Å²) in [5, 5.41) is 16.1. The summed E-state index contributed by atoms with van der Waals surface area (Å²) in [6, 6.07) is 5.34. The average molecular weight is 474 g/mol. The normalized spacial score (nSPS) is 16.5. The fourth-order valence-corrected chi connectivity index (χ4v) is 4.06. The summed E-state index contributed by atoms with van der Waals surface area (Å²) in [6.45, 7) is 8.17. The number of aliphatic hydroxyl groups is 1. The summed E-state index contributed by atoms with van der Waals surface area (Å²) in [4.78, 5) is 21.1. The Morgan fingerprint density at radius 1 is 1.32 bits per heavy atom. The van der Waals surface area contributed by atoms with Gasteiger partial charge < -0.3 is 24.6 Å². The van der Waals surface area contributed by atoms with Crippen LogP contribution in [-0.4, -0.2) is 72.5 Å². The highest BCUT2D eigenvalue weighted by Gasteiger charge is 2.24. The summed E-state index contributed by atoms with van der Waals surface area (Å²) < 4.78 is 11.4. The third-order valence-corrected chi connectivity index (χ3v) is 6.58. The van der Waals surface area contributed by atoms with E-state index in [2.05, 4.69) is 32.2 Å². The molecule has 1 fully saturated rings. The van der Waals surface area contributed by atoms with E-state index >= 15 is 0 Å². The van der Waals surface area contributed by atoms with Crippen molar-refractivity contribution < 1.29 is 19.2 Å². The first kappa shape index (κ1) is 26.0. The maximum Gasteiger partial charge on any atom is 0.266 e. The number of carbonyl (C=O) groups is 1. The Kier molecular flexibility index (Phi) is 9.29. The molecule has 1 aliphatic rings. The van der Waals surface area contributed by atoms with Crippen molar-refractivity contribution in [2.24, 2.45) is 5.92 Å². The van der Waals surface area contributed by atoms with Crippen LogP contribution >= 0.6 is 0 Å². The van der Waals surface area contributed by atoms with E-state index in [0.29, 0.717) is 29.9 Å². The number of nitrogens with zero attached hydrogens (tertiary/aromatic N) is 4. The van der Waals surface area contributed by atoms with Crippen LogP contribution in [-0.2, 0) is 0 Å². The van der Waals surface area contributed by atoms with Gasteiger partial charge in [-0.05, 0) is 95.4 Å². The van der Waals surface area contributed by atoms with Crippen LogP contribution in [0.5, 0.6) is 5.75 Å². The zero-order valence-corrected chi connectivity index (χ0v) is 21.1. The molecule has 0 bridgehead atoms. The Morgan fingerprint density at radius 3 is 2.71 bits per heavy atom. The highest BCUT2D eigenvalue weighted by atomic mass is 16.5. The number of aryl methyl sites for hydroxylation is 1. The highest BCUT2D eigenvalue weighted by Crippen LogP contribution is 2.26. The van der Waals surface area contributed by atoms with Crippen LogP contribution in [0.25, 0.3) is 0 Å². The van der Waals surface area contributed by atoms with Crippen molar-refractivity contribution in [1.29, 1.82) is 0 Å². The van der Waals surface area contributed by atoms with E-state index in [0.717, 1.165) is 50.1 Å². The lowest BCUT2D eigenvalue weighted by molar-refractivity contribution is 0.0921. The van der Waals surface area contributed by atoms with E-state index in [1.807, 2.05) is 33.2 Å². The fraction of sp³-hybridized carbons (Fsp3) is 0.640. The summed E-state index contributed by atoms with van der Waals surface area (Å²) in [5.74, 6) is 2.63. The minimum atomic E-state index is -0.272. The van der Waals surface area contributed by atoms with Gasteiger partial charge in [0.2, 0.25) is 5.89 Å². The molecule has 188 valence electrons. The van der Waals surface area contributed by atoms with Gasteiger partial charge in [-0.25, -0.2) is 0 Å². The Balaban J connectivity index is 1.38. The summed E-state index contributed by atoms with van der Waals surface area (Å²) in [7, 11) is 4.00. The van der Waals surface area contributed by atoms with E-state index in [-0.39, 0.29) is 24.6 Å². The van der Waals surface area contributed by atoms with Gasteiger partial charge >= 0.3 is 0 Å². The number of aliphatic hydroxyl groups excluding tert-OH is 1. The number of hydrogen-bond acceptors (Lipinski definition) is 8. The second-order valence-corrected chi connectivity index (χ2v) is 9.53. The number of piperidine rings is 1. The molecule has 0 saturated carbocycles. The molecule has 34 heavy (non-hydrogen) atoms. The molecule has 2 atom stereocenters. The van der Waals surface area contributed by atoms with Crippen LogP contribution in [0.4, 0.5) is 5.95 Å². The molecule has 2 N–H and O–H groups in total. The van der Waals surface area contributed by atoms with Crippen molar-refractivity contribution in [3.63, 3.8) is 0 Å². The van der Waals surface area contributed by atoms with E-state index in [1.165, 1.54) is 0 Å². The molecule has 9 heteroatoms. The number of benzene rings is 1. The molecule has 1 saturated heterocycles. The van der Waals surface area contributed by atoms with E-state index in [9.17, 15) is 4.79 Å². The van der Waals surface area contributed by atoms with Crippen LogP contribution in [0.3, 0.4) is 0 Å². The van der Waals surface area contributed by atoms with Gasteiger partial charge in [0, 0.05) is 24.7 Å². The summed E-state index contributed by atoms with van der Waals surface area (Å²) >= 11 is 0. The SMILES string of the molecule is Cc1cc(OCCCC2CCN(c3noc(C(C)N(C)C)n3)CC2)ccc1C(=O)N[C@H](C)CO.